The molecule has 0 bridgehead atoms. The Morgan fingerprint density at radius 1 is 0.917 bits per heavy atom. The second-order valence-electron chi connectivity index (χ2n) is 9.37. The smallest absolute Gasteiger partial charge is 0.189 e. The van der Waals surface area contributed by atoms with Gasteiger partial charge in [0.1, 0.15) is 17.5 Å². The third-order valence-corrected chi connectivity index (χ3v) is 7.09. The van der Waals surface area contributed by atoms with Crippen molar-refractivity contribution in [3.05, 3.63) is 100 Å². The van der Waals surface area contributed by atoms with E-state index in [1.807, 2.05) is 48.5 Å². The van der Waals surface area contributed by atoms with Crippen molar-refractivity contribution in [3.63, 3.8) is 0 Å². The first-order valence-corrected chi connectivity index (χ1v) is 13.0. The maximum absolute atomic E-state index is 12.8. The summed E-state index contributed by atoms with van der Waals surface area (Å²) in [6, 6.07) is 24.4. The second kappa shape index (κ2) is 11.2. The van der Waals surface area contributed by atoms with Crippen LogP contribution >= 0.6 is 15.9 Å². The van der Waals surface area contributed by atoms with Gasteiger partial charge < -0.3 is 9.64 Å². The van der Waals surface area contributed by atoms with Gasteiger partial charge in [-0.1, -0.05) is 69.7 Å². The van der Waals surface area contributed by atoms with Gasteiger partial charge in [0.05, 0.1) is 12.7 Å². The summed E-state index contributed by atoms with van der Waals surface area (Å²) < 4.78 is 8.88. The number of Topliss-reactive ketones (excluding diaryl/α,β-unsaturated/α-hetero) is 1. The highest BCUT2D eigenvalue weighted by molar-refractivity contribution is 9.10. The van der Waals surface area contributed by atoms with Crippen LogP contribution in [0.25, 0.3) is 11.1 Å². The van der Waals surface area contributed by atoms with Crippen molar-refractivity contribution in [1.29, 1.82) is 0 Å². The Kier molecular flexibility index (Phi) is 7.58. The molecule has 0 unspecified atom stereocenters. The lowest BCUT2D eigenvalue weighted by Crippen LogP contribution is -2.35. The van der Waals surface area contributed by atoms with Crippen molar-refractivity contribution < 1.29 is 9.53 Å². The highest BCUT2D eigenvalue weighted by Gasteiger charge is 2.18. The third kappa shape index (κ3) is 6.28. The van der Waals surface area contributed by atoms with Gasteiger partial charge in [-0.15, -0.1) is 5.10 Å². The van der Waals surface area contributed by atoms with Crippen molar-refractivity contribution in [3.8, 4) is 16.9 Å². The van der Waals surface area contributed by atoms with E-state index in [4.69, 9.17) is 4.74 Å². The number of piperidine rings is 1. The van der Waals surface area contributed by atoms with Gasteiger partial charge in [0.2, 0.25) is 0 Å². The molecule has 0 radical (unpaired) electrons. The van der Waals surface area contributed by atoms with Crippen LogP contribution in [0.5, 0.6) is 5.75 Å². The molecule has 3 aromatic carbocycles. The molecule has 5 rings (SSSR count). The molecule has 1 aliphatic rings. The fourth-order valence-electron chi connectivity index (χ4n) is 4.39. The molecular weight excluding hydrogens is 516 g/mol. The standard InChI is InChI=1S/C29H29BrN4O2/c1-33-16-14-27(15-17-33)36-26-12-8-24(9-13-26)23-6-2-21(3-7-23)18-29(35)28-20-34(32-31-28)19-22-4-10-25(30)11-5-22/h2-13,20,27H,14-19H2,1H3. The zero-order valence-corrected chi connectivity index (χ0v) is 21.9. The molecule has 0 saturated carbocycles. The van der Waals surface area contributed by atoms with Crippen LogP contribution in [0.1, 0.15) is 34.5 Å². The normalized spacial score (nSPS) is 14.6. The SMILES string of the molecule is CN1CCC(Oc2ccc(-c3ccc(CC(=O)c4cn(Cc5ccc(Br)cc5)nn4)cc3)cc2)CC1. The van der Waals surface area contributed by atoms with E-state index in [2.05, 4.69) is 62.5 Å². The number of carbonyl (C=O) groups is 1. The average Bonchev–Trinajstić information content (AvgIpc) is 3.37. The van der Waals surface area contributed by atoms with Crippen LogP contribution in [0.4, 0.5) is 0 Å². The minimum absolute atomic E-state index is 0.0415. The number of aromatic nitrogens is 3. The van der Waals surface area contributed by atoms with E-state index in [1.165, 1.54) is 0 Å². The lowest BCUT2D eigenvalue weighted by Gasteiger charge is -2.29. The summed E-state index contributed by atoms with van der Waals surface area (Å²) in [6.45, 7) is 2.74. The summed E-state index contributed by atoms with van der Waals surface area (Å²) in [7, 11) is 2.16. The minimum atomic E-state index is -0.0415. The molecular formula is C29H29BrN4O2. The molecule has 6 nitrogen and oxygen atoms in total. The topological polar surface area (TPSA) is 60.2 Å². The number of carbonyl (C=O) groups excluding carboxylic acids is 1. The molecule has 0 atom stereocenters. The first-order valence-electron chi connectivity index (χ1n) is 12.2. The maximum atomic E-state index is 12.8. The Labute approximate surface area is 220 Å². The van der Waals surface area contributed by atoms with Crippen molar-refractivity contribution in [2.24, 2.45) is 0 Å². The van der Waals surface area contributed by atoms with Gasteiger partial charge >= 0.3 is 0 Å². The molecule has 7 heteroatoms. The summed E-state index contributed by atoms with van der Waals surface area (Å²) in [5.74, 6) is 0.879. The number of rotatable bonds is 8. The highest BCUT2D eigenvalue weighted by Crippen LogP contribution is 2.25. The summed E-state index contributed by atoms with van der Waals surface area (Å²) in [6.07, 6.45) is 4.44. The fourth-order valence-corrected chi connectivity index (χ4v) is 4.66. The van der Waals surface area contributed by atoms with E-state index in [0.29, 0.717) is 24.8 Å². The van der Waals surface area contributed by atoms with Gasteiger partial charge in [-0.25, -0.2) is 4.68 Å². The molecule has 1 saturated heterocycles. The zero-order valence-electron chi connectivity index (χ0n) is 20.3. The third-order valence-electron chi connectivity index (χ3n) is 6.56. The summed E-state index contributed by atoms with van der Waals surface area (Å²) in [5, 5.41) is 8.20. The number of hydrogen-bond donors (Lipinski definition) is 0. The molecule has 0 aliphatic carbocycles. The monoisotopic (exact) mass is 544 g/mol. The molecule has 1 aromatic heterocycles. The Hall–Kier alpha value is -3.29. The Morgan fingerprint density at radius 2 is 1.53 bits per heavy atom. The molecule has 1 aliphatic heterocycles. The van der Waals surface area contributed by atoms with E-state index >= 15 is 0 Å². The minimum Gasteiger partial charge on any atom is -0.490 e. The van der Waals surface area contributed by atoms with E-state index in [0.717, 1.165) is 58.4 Å². The molecule has 0 spiro atoms. The highest BCUT2D eigenvalue weighted by atomic mass is 79.9. The molecule has 4 aromatic rings. The maximum Gasteiger partial charge on any atom is 0.189 e. The summed E-state index contributed by atoms with van der Waals surface area (Å²) in [4.78, 5) is 15.1. The number of likely N-dealkylation sites (tertiary alicyclic amines) is 1. The van der Waals surface area contributed by atoms with Crippen LogP contribution in [-0.2, 0) is 13.0 Å². The second-order valence-corrected chi connectivity index (χ2v) is 10.3. The largest absolute Gasteiger partial charge is 0.490 e. The van der Waals surface area contributed by atoms with E-state index < -0.39 is 0 Å². The van der Waals surface area contributed by atoms with Crippen molar-refractivity contribution >= 4 is 21.7 Å². The van der Waals surface area contributed by atoms with Crippen LogP contribution < -0.4 is 4.74 Å². The van der Waals surface area contributed by atoms with Crippen LogP contribution in [-0.4, -0.2) is 51.9 Å². The van der Waals surface area contributed by atoms with E-state index in [1.54, 1.807) is 10.9 Å². The summed E-state index contributed by atoms with van der Waals surface area (Å²) in [5.41, 5.74) is 4.67. The lowest BCUT2D eigenvalue weighted by molar-refractivity contribution is 0.0988. The van der Waals surface area contributed by atoms with Crippen molar-refractivity contribution in [1.82, 2.24) is 19.9 Å². The molecule has 2 heterocycles. The van der Waals surface area contributed by atoms with E-state index in [-0.39, 0.29) is 5.78 Å². The number of benzene rings is 3. The van der Waals surface area contributed by atoms with Crippen LogP contribution in [0.15, 0.2) is 83.5 Å². The molecule has 184 valence electrons. The fraction of sp³-hybridized carbons (Fsp3) is 0.276. The number of hydrogen-bond acceptors (Lipinski definition) is 5. The van der Waals surface area contributed by atoms with Crippen molar-refractivity contribution in [2.45, 2.75) is 31.9 Å². The van der Waals surface area contributed by atoms with Crippen molar-refractivity contribution in [2.75, 3.05) is 20.1 Å². The lowest BCUT2D eigenvalue weighted by atomic mass is 10.0. The Bertz CT molecular complexity index is 1290. The predicted octanol–water partition coefficient (Wildman–Crippen LogP) is 5.65. The van der Waals surface area contributed by atoms with Gasteiger partial charge in [-0.3, -0.25) is 4.79 Å². The van der Waals surface area contributed by atoms with E-state index in [9.17, 15) is 4.79 Å². The number of ketones is 1. The quantitative estimate of drug-likeness (QED) is 0.268. The Balaban J connectivity index is 1.16. The number of nitrogens with zero attached hydrogens (tertiary/aromatic N) is 4. The van der Waals surface area contributed by atoms with Crippen LogP contribution in [0.3, 0.4) is 0 Å². The predicted molar refractivity (Wildman–Crippen MR) is 144 cm³/mol. The first kappa shape index (κ1) is 24.4. The zero-order chi connectivity index (χ0) is 24.9. The number of ether oxygens (including phenoxy) is 1. The molecule has 1 fully saturated rings. The first-order chi connectivity index (χ1) is 17.5. The molecule has 0 amide bonds. The van der Waals surface area contributed by atoms with Crippen LogP contribution in [0, 0.1) is 0 Å². The van der Waals surface area contributed by atoms with Gasteiger partial charge in [0, 0.05) is 24.0 Å². The van der Waals surface area contributed by atoms with Gasteiger partial charge in [0.25, 0.3) is 0 Å². The molecule has 36 heavy (non-hydrogen) atoms. The van der Waals surface area contributed by atoms with Gasteiger partial charge in [-0.05, 0) is 66.4 Å². The average molecular weight is 545 g/mol. The van der Waals surface area contributed by atoms with Gasteiger partial charge in [0.15, 0.2) is 5.78 Å². The van der Waals surface area contributed by atoms with Gasteiger partial charge in [-0.2, -0.15) is 0 Å². The molecule has 0 N–H and O–H groups in total. The number of halogens is 1. The van der Waals surface area contributed by atoms with Crippen LogP contribution in [0.2, 0.25) is 0 Å². The Morgan fingerprint density at radius 3 is 2.19 bits per heavy atom. The summed E-state index contributed by atoms with van der Waals surface area (Å²) >= 11 is 3.44.